The molecule has 2 N–H and O–H groups in total. The van der Waals surface area contributed by atoms with E-state index in [0.29, 0.717) is 11.5 Å². The molecule has 0 radical (unpaired) electrons. The lowest BCUT2D eigenvalue weighted by Gasteiger charge is -2.34. The van der Waals surface area contributed by atoms with E-state index >= 15 is 0 Å². The molecule has 0 aromatic carbocycles. The number of imidazole rings is 1. The van der Waals surface area contributed by atoms with Crippen LogP contribution in [0.4, 0.5) is 5.82 Å². The maximum Gasteiger partial charge on any atom is 0.356 e. The number of nitrogens with one attached hydrogen (secondary N) is 1. The molecule has 2 aromatic rings. The van der Waals surface area contributed by atoms with Crippen LogP contribution in [0.15, 0.2) is 24.4 Å². The van der Waals surface area contributed by atoms with Crippen molar-refractivity contribution in [2.24, 2.45) is 0 Å². The predicted molar refractivity (Wildman–Crippen MR) is 69.6 cm³/mol. The molecule has 0 aliphatic heterocycles. The Kier molecular flexibility index (Phi) is 2.87. The Morgan fingerprint density at radius 1 is 1.53 bits per heavy atom. The van der Waals surface area contributed by atoms with Gasteiger partial charge in [-0.1, -0.05) is 6.07 Å². The number of fused-ring (bicyclic) bond motifs is 1. The van der Waals surface area contributed by atoms with Crippen molar-refractivity contribution in [2.45, 2.75) is 25.0 Å². The summed E-state index contributed by atoms with van der Waals surface area (Å²) in [4.78, 5) is 15.7. The van der Waals surface area contributed by atoms with E-state index in [2.05, 4.69) is 10.3 Å². The van der Waals surface area contributed by atoms with Crippen LogP contribution in [-0.2, 0) is 4.74 Å². The van der Waals surface area contributed by atoms with Crippen LogP contribution in [-0.4, -0.2) is 39.7 Å². The first-order valence-corrected chi connectivity index (χ1v) is 6.18. The Morgan fingerprint density at radius 3 is 3.00 bits per heavy atom. The van der Waals surface area contributed by atoms with Crippen molar-refractivity contribution in [3.05, 3.63) is 30.1 Å². The average Bonchev–Trinajstić information content (AvgIpc) is 2.71. The van der Waals surface area contributed by atoms with Gasteiger partial charge in [-0.3, -0.25) is 4.40 Å². The van der Waals surface area contributed by atoms with E-state index in [-0.39, 0.29) is 17.8 Å². The second kappa shape index (κ2) is 4.55. The molecule has 19 heavy (non-hydrogen) atoms. The minimum atomic E-state index is -0.983. The van der Waals surface area contributed by atoms with Crippen LogP contribution in [0.25, 0.3) is 5.65 Å². The van der Waals surface area contributed by atoms with E-state index in [9.17, 15) is 9.90 Å². The number of pyridine rings is 1. The van der Waals surface area contributed by atoms with Crippen molar-refractivity contribution in [3.8, 4) is 0 Å². The van der Waals surface area contributed by atoms with E-state index in [0.717, 1.165) is 12.8 Å². The Balaban J connectivity index is 1.90. The molecule has 0 unspecified atom stereocenters. The summed E-state index contributed by atoms with van der Waals surface area (Å²) in [5, 5.41) is 12.5. The average molecular weight is 261 g/mol. The lowest BCUT2D eigenvalue weighted by atomic mass is 9.89. The second-order valence-electron chi connectivity index (χ2n) is 4.71. The van der Waals surface area contributed by atoms with Gasteiger partial charge in [-0.05, 0) is 25.0 Å². The van der Waals surface area contributed by atoms with Gasteiger partial charge >= 0.3 is 5.97 Å². The number of aromatic carboxylic acids is 1. The van der Waals surface area contributed by atoms with E-state index < -0.39 is 5.97 Å². The molecule has 2 heterocycles. The van der Waals surface area contributed by atoms with E-state index in [1.807, 2.05) is 6.07 Å². The van der Waals surface area contributed by atoms with Gasteiger partial charge in [0.05, 0.1) is 6.10 Å². The summed E-state index contributed by atoms with van der Waals surface area (Å²) in [6.45, 7) is 0. The molecule has 1 aliphatic rings. The van der Waals surface area contributed by atoms with Gasteiger partial charge in [0, 0.05) is 19.3 Å². The number of methoxy groups -OCH3 is 1. The molecule has 6 nitrogen and oxygen atoms in total. The van der Waals surface area contributed by atoms with Gasteiger partial charge in [-0.15, -0.1) is 0 Å². The normalized spacial score (nSPS) is 22.2. The molecule has 0 bridgehead atoms. The summed E-state index contributed by atoms with van der Waals surface area (Å²) in [6.07, 6.45) is 3.73. The van der Waals surface area contributed by atoms with Gasteiger partial charge in [0.2, 0.25) is 0 Å². The standard InChI is InChI=1S/C13H15N3O3/c1-19-9-6-8(7-9)14-12-11(13(17)18)16-5-3-2-4-10(16)15-12/h2-5,8-9,14H,6-7H2,1H3,(H,17,18). The molecule has 2 aromatic heterocycles. The lowest BCUT2D eigenvalue weighted by Crippen LogP contribution is -2.40. The SMILES string of the molecule is COC1CC(Nc2nc3ccccn3c2C(=O)O)C1. The third-order valence-electron chi connectivity index (χ3n) is 3.50. The van der Waals surface area contributed by atoms with Crippen molar-refractivity contribution in [3.63, 3.8) is 0 Å². The Morgan fingerprint density at radius 2 is 2.32 bits per heavy atom. The highest BCUT2D eigenvalue weighted by atomic mass is 16.5. The van der Waals surface area contributed by atoms with Crippen molar-refractivity contribution < 1.29 is 14.6 Å². The number of hydrogen-bond acceptors (Lipinski definition) is 4. The van der Waals surface area contributed by atoms with Gasteiger partial charge in [-0.25, -0.2) is 9.78 Å². The van der Waals surface area contributed by atoms with Crippen LogP contribution >= 0.6 is 0 Å². The van der Waals surface area contributed by atoms with Crippen molar-refractivity contribution >= 4 is 17.4 Å². The van der Waals surface area contributed by atoms with Crippen molar-refractivity contribution in [1.29, 1.82) is 0 Å². The number of ether oxygens (including phenoxy) is 1. The zero-order valence-corrected chi connectivity index (χ0v) is 10.5. The number of carboxylic acid groups (broad SMARTS) is 1. The van der Waals surface area contributed by atoms with Crippen LogP contribution in [0, 0.1) is 0 Å². The Bertz CT molecular complexity index is 617. The number of hydrogen-bond donors (Lipinski definition) is 2. The fourth-order valence-corrected chi connectivity index (χ4v) is 2.37. The number of nitrogens with zero attached hydrogens (tertiary/aromatic N) is 2. The van der Waals surface area contributed by atoms with Gasteiger partial charge in [0.25, 0.3) is 0 Å². The quantitative estimate of drug-likeness (QED) is 0.874. The molecule has 3 rings (SSSR count). The Hall–Kier alpha value is -2.08. The van der Waals surface area contributed by atoms with Gasteiger partial charge in [-0.2, -0.15) is 0 Å². The fraction of sp³-hybridized carbons (Fsp3) is 0.385. The number of carbonyl (C=O) groups is 1. The van der Waals surface area contributed by atoms with Crippen LogP contribution in [0.5, 0.6) is 0 Å². The number of carboxylic acids is 1. The second-order valence-corrected chi connectivity index (χ2v) is 4.71. The molecule has 1 fully saturated rings. The highest BCUT2D eigenvalue weighted by Gasteiger charge is 2.31. The molecule has 0 spiro atoms. The zero-order chi connectivity index (χ0) is 13.4. The first-order chi connectivity index (χ1) is 9.19. The maximum absolute atomic E-state index is 11.4. The number of aromatic nitrogens is 2. The summed E-state index contributed by atoms with van der Waals surface area (Å²) < 4.78 is 6.79. The van der Waals surface area contributed by atoms with Gasteiger partial charge in [0.15, 0.2) is 11.5 Å². The lowest BCUT2D eigenvalue weighted by molar-refractivity contribution is 0.0327. The molecular weight excluding hydrogens is 246 g/mol. The maximum atomic E-state index is 11.4. The monoisotopic (exact) mass is 261 g/mol. The molecule has 0 atom stereocenters. The molecule has 100 valence electrons. The zero-order valence-electron chi connectivity index (χ0n) is 10.5. The Labute approximate surface area is 110 Å². The first-order valence-electron chi connectivity index (χ1n) is 6.18. The summed E-state index contributed by atoms with van der Waals surface area (Å²) in [5.74, 6) is -0.554. The highest BCUT2D eigenvalue weighted by Crippen LogP contribution is 2.27. The molecule has 1 aliphatic carbocycles. The topological polar surface area (TPSA) is 75.9 Å². The third-order valence-corrected chi connectivity index (χ3v) is 3.50. The van der Waals surface area contributed by atoms with Crippen LogP contribution < -0.4 is 5.32 Å². The molecule has 6 heteroatoms. The third kappa shape index (κ3) is 2.04. The smallest absolute Gasteiger partial charge is 0.356 e. The van der Waals surface area contributed by atoms with E-state index in [4.69, 9.17) is 4.74 Å². The molecular formula is C13H15N3O3. The van der Waals surface area contributed by atoms with Crippen LogP contribution in [0.2, 0.25) is 0 Å². The van der Waals surface area contributed by atoms with Crippen LogP contribution in [0.3, 0.4) is 0 Å². The first kappa shape index (κ1) is 12.0. The largest absolute Gasteiger partial charge is 0.476 e. The number of anilines is 1. The molecule has 0 amide bonds. The minimum Gasteiger partial charge on any atom is -0.476 e. The van der Waals surface area contributed by atoms with Gasteiger partial charge in [0.1, 0.15) is 5.65 Å². The molecule has 1 saturated carbocycles. The number of rotatable bonds is 4. The highest BCUT2D eigenvalue weighted by molar-refractivity contribution is 5.93. The predicted octanol–water partition coefficient (Wildman–Crippen LogP) is 1.62. The van der Waals surface area contributed by atoms with Gasteiger partial charge < -0.3 is 15.2 Å². The molecule has 0 saturated heterocycles. The summed E-state index contributed by atoms with van der Waals surface area (Å²) >= 11 is 0. The minimum absolute atomic E-state index is 0.177. The van der Waals surface area contributed by atoms with E-state index in [1.165, 1.54) is 0 Å². The summed E-state index contributed by atoms with van der Waals surface area (Å²) in [5.41, 5.74) is 0.807. The van der Waals surface area contributed by atoms with Crippen LogP contribution in [0.1, 0.15) is 23.3 Å². The van der Waals surface area contributed by atoms with Crippen molar-refractivity contribution in [2.75, 3.05) is 12.4 Å². The van der Waals surface area contributed by atoms with Crippen molar-refractivity contribution in [1.82, 2.24) is 9.38 Å². The fourth-order valence-electron chi connectivity index (χ4n) is 2.37. The summed E-state index contributed by atoms with van der Waals surface area (Å²) in [6, 6.07) is 5.64. The van der Waals surface area contributed by atoms with E-state index in [1.54, 1.807) is 29.8 Å². The summed E-state index contributed by atoms with van der Waals surface area (Å²) in [7, 11) is 1.69.